The lowest BCUT2D eigenvalue weighted by molar-refractivity contribution is -0.280. The Morgan fingerprint density at radius 3 is 2.48 bits per heavy atom. The molecule has 2 saturated carbocycles. The average Bonchev–Trinajstić information content (AvgIpc) is 3.56. The van der Waals surface area contributed by atoms with Crippen molar-refractivity contribution in [1.29, 1.82) is 0 Å². The molecule has 1 aromatic carbocycles. The van der Waals surface area contributed by atoms with Gasteiger partial charge < -0.3 is 23.7 Å². The van der Waals surface area contributed by atoms with Gasteiger partial charge in [-0.2, -0.15) is 13.2 Å². The predicted octanol–water partition coefficient (Wildman–Crippen LogP) is 5.22. The van der Waals surface area contributed by atoms with Gasteiger partial charge in [0.2, 0.25) is 0 Å². The second kappa shape index (κ2) is 8.71. The van der Waals surface area contributed by atoms with E-state index < -0.39 is 45.9 Å². The van der Waals surface area contributed by atoms with Crippen LogP contribution in [-0.4, -0.2) is 55.2 Å². The summed E-state index contributed by atoms with van der Waals surface area (Å²) in [5.74, 6) is -2.02. The molecule has 0 amide bonds. The highest BCUT2D eigenvalue weighted by molar-refractivity contribution is 5.83. The number of methoxy groups -OCH3 is 1. The summed E-state index contributed by atoms with van der Waals surface area (Å²) in [5, 5.41) is 0. The predicted molar refractivity (Wildman–Crippen MR) is 135 cm³/mol. The van der Waals surface area contributed by atoms with Gasteiger partial charge >= 0.3 is 18.1 Å². The molecule has 10 heteroatoms. The van der Waals surface area contributed by atoms with E-state index in [1.165, 1.54) is 30.5 Å². The van der Waals surface area contributed by atoms with Crippen molar-refractivity contribution in [2.24, 2.45) is 22.7 Å². The minimum Gasteiger partial charge on any atom is -0.498 e. The zero-order chi connectivity index (χ0) is 28.8. The second-order valence-electron chi connectivity index (χ2n) is 12.7. The number of fused-ring (bicyclic) bond motifs is 1. The van der Waals surface area contributed by atoms with Gasteiger partial charge in [0.1, 0.15) is 18.8 Å². The van der Waals surface area contributed by atoms with Gasteiger partial charge in [0.15, 0.2) is 5.60 Å². The Bertz CT molecular complexity index is 1240. The Kier molecular flexibility index (Phi) is 6.00. The fourth-order valence-corrected chi connectivity index (χ4v) is 8.93. The third kappa shape index (κ3) is 3.32. The number of esters is 2. The largest absolute Gasteiger partial charge is 0.498 e. The molecule has 0 radical (unpaired) electrons. The van der Waals surface area contributed by atoms with Crippen molar-refractivity contribution in [1.82, 2.24) is 0 Å². The lowest BCUT2D eigenvalue weighted by Crippen LogP contribution is -2.65. The molecule has 2 aliphatic carbocycles. The summed E-state index contributed by atoms with van der Waals surface area (Å²) in [7, 11) is 0.854. The maximum atomic E-state index is 14.7. The average molecular weight is 565 g/mol. The van der Waals surface area contributed by atoms with Crippen LogP contribution in [0.5, 0.6) is 0 Å². The van der Waals surface area contributed by atoms with Gasteiger partial charge in [-0.05, 0) is 38.2 Å². The van der Waals surface area contributed by atoms with Gasteiger partial charge in [-0.15, -0.1) is 0 Å². The molecule has 7 nitrogen and oxygen atoms in total. The summed E-state index contributed by atoms with van der Waals surface area (Å²) in [6, 6.07) is 6.78. The van der Waals surface area contributed by atoms with Crippen molar-refractivity contribution in [3.8, 4) is 0 Å². The first-order valence-electron chi connectivity index (χ1n) is 13.9. The Balaban J connectivity index is 1.41. The first kappa shape index (κ1) is 27.6. The van der Waals surface area contributed by atoms with E-state index in [0.717, 1.165) is 20.0 Å². The lowest BCUT2D eigenvalue weighted by Gasteiger charge is -2.61. The molecule has 3 aliphatic heterocycles. The smallest absolute Gasteiger partial charge is 0.432 e. The molecule has 0 unspecified atom stereocenters. The summed E-state index contributed by atoms with van der Waals surface area (Å²) >= 11 is 0. The molecule has 0 N–H and O–H groups in total. The van der Waals surface area contributed by atoms with E-state index in [9.17, 15) is 22.8 Å². The first-order valence-corrected chi connectivity index (χ1v) is 13.9. The molecule has 2 spiro atoms. The highest BCUT2D eigenvalue weighted by Gasteiger charge is 2.77. The fraction of sp³-hybridized carbons (Fsp3) is 0.667. The summed E-state index contributed by atoms with van der Waals surface area (Å²) in [6.45, 7) is 6.08. The van der Waals surface area contributed by atoms with Crippen LogP contribution in [0.1, 0.15) is 58.4 Å². The van der Waals surface area contributed by atoms with Crippen LogP contribution in [0.4, 0.5) is 13.2 Å². The van der Waals surface area contributed by atoms with Crippen molar-refractivity contribution in [3.05, 3.63) is 48.2 Å². The Morgan fingerprint density at radius 1 is 1.12 bits per heavy atom. The third-order valence-corrected chi connectivity index (χ3v) is 10.8. The summed E-state index contributed by atoms with van der Waals surface area (Å²) in [5.41, 5.74) is -7.10. The zero-order valence-electron chi connectivity index (χ0n) is 23.1. The molecule has 5 aliphatic rings. The number of alkyl halides is 3. The maximum absolute atomic E-state index is 14.7. The normalized spacial score (nSPS) is 43.3. The number of ether oxygens (including phenoxy) is 5. The number of carbonyl (C=O) groups excluding carboxylic acids is 2. The van der Waals surface area contributed by atoms with Crippen LogP contribution in [0.15, 0.2) is 42.7 Å². The van der Waals surface area contributed by atoms with Crippen LogP contribution in [0.3, 0.4) is 0 Å². The standard InChI is InChI=1S/C30H35F3O7/c1-18-15-20-22-25(2,23(34)38-20)11-8-12-26(22,3)28(18)16-21(27(40-28)13-14-37-17-27)39-24(35)29(36-4,30(31,32)33)19-9-6-5-7-10-19/h5-7,9-10,13-14,18,20-22H,8,11-12,15-17H2,1-4H3/t18-,20-,21-,22+,25+,26+,27+,28-,29+/m1/s1. The number of rotatable bonds is 4. The van der Waals surface area contributed by atoms with Gasteiger partial charge in [0.25, 0.3) is 5.60 Å². The Morgan fingerprint density at radius 2 is 1.85 bits per heavy atom. The molecule has 9 atom stereocenters. The van der Waals surface area contributed by atoms with E-state index in [-0.39, 0.29) is 42.5 Å². The number of carbonyl (C=O) groups is 2. The number of hydrogen-bond acceptors (Lipinski definition) is 7. The molecule has 0 aromatic heterocycles. The van der Waals surface area contributed by atoms with Crippen LogP contribution in [-0.2, 0) is 38.9 Å². The molecule has 6 rings (SSSR count). The van der Waals surface area contributed by atoms with Crippen LogP contribution >= 0.6 is 0 Å². The van der Waals surface area contributed by atoms with Crippen molar-refractivity contribution in [2.45, 2.75) is 88.1 Å². The SMILES string of the molecule is CO[C@](C(=O)O[C@@H]1C[C@@]2(O[C@]13C=COC3)[C@H](C)C[C@H]1OC(=O)[C@@]3(C)CCC[C@@]2(C)[C@@H]13)(c1ccccc1)C(F)(F)F. The first-order chi connectivity index (χ1) is 18.8. The summed E-state index contributed by atoms with van der Waals surface area (Å²) in [4.78, 5) is 26.8. The molecular formula is C30H35F3O7. The van der Waals surface area contributed by atoms with E-state index in [4.69, 9.17) is 23.7 Å². The molecule has 3 heterocycles. The topological polar surface area (TPSA) is 80.3 Å². The molecule has 1 aromatic rings. The minimum absolute atomic E-state index is 0.00632. The van der Waals surface area contributed by atoms with E-state index in [1.54, 1.807) is 12.1 Å². The molecule has 2 saturated heterocycles. The number of halogens is 3. The van der Waals surface area contributed by atoms with Gasteiger partial charge in [-0.25, -0.2) is 4.79 Å². The maximum Gasteiger partial charge on any atom is 0.432 e. The minimum atomic E-state index is -5.10. The van der Waals surface area contributed by atoms with Gasteiger partial charge in [0, 0.05) is 30.4 Å². The Hall–Kier alpha value is -2.59. The van der Waals surface area contributed by atoms with E-state index in [1.807, 2.05) is 13.8 Å². The summed E-state index contributed by atoms with van der Waals surface area (Å²) in [6.07, 6.45) is -0.411. The van der Waals surface area contributed by atoms with Crippen molar-refractivity contribution in [3.63, 3.8) is 0 Å². The zero-order valence-corrected chi connectivity index (χ0v) is 23.1. The fourth-order valence-electron chi connectivity index (χ4n) is 8.93. The van der Waals surface area contributed by atoms with Gasteiger partial charge in [-0.3, -0.25) is 4.79 Å². The Labute approximate surface area is 231 Å². The van der Waals surface area contributed by atoms with E-state index >= 15 is 0 Å². The molecule has 40 heavy (non-hydrogen) atoms. The number of hydrogen-bond donors (Lipinski definition) is 0. The van der Waals surface area contributed by atoms with Crippen LogP contribution in [0, 0.1) is 22.7 Å². The monoisotopic (exact) mass is 564 g/mol. The highest BCUT2D eigenvalue weighted by Crippen LogP contribution is 2.70. The lowest BCUT2D eigenvalue weighted by atomic mass is 9.44. The highest BCUT2D eigenvalue weighted by atomic mass is 19.4. The molecule has 218 valence electrons. The summed E-state index contributed by atoms with van der Waals surface area (Å²) < 4.78 is 73.4. The third-order valence-electron chi connectivity index (χ3n) is 10.8. The van der Waals surface area contributed by atoms with Crippen LogP contribution in [0.2, 0.25) is 0 Å². The molecule has 4 fully saturated rings. The van der Waals surface area contributed by atoms with Crippen molar-refractivity contribution >= 4 is 11.9 Å². The van der Waals surface area contributed by atoms with E-state index in [0.29, 0.717) is 12.8 Å². The van der Waals surface area contributed by atoms with Crippen LogP contribution in [0.25, 0.3) is 0 Å². The van der Waals surface area contributed by atoms with Gasteiger partial charge in [-0.1, -0.05) is 50.6 Å². The van der Waals surface area contributed by atoms with E-state index in [2.05, 4.69) is 6.92 Å². The quantitative estimate of drug-likeness (QED) is 0.464. The van der Waals surface area contributed by atoms with Crippen molar-refractivity contribution in [2.75, 3.05) is 13.7 Å². The van der Waals surface area contributed by atoms with Crippen LogP contribution < -0.4 is 0 Å². The number of benzene rings is 1. The second-order valence-corrected chi connectivity index (χ2v) is 12.7. The molecular weight excluding hydrogens is 529 g/mol. The van der Waals surface area contributed by atoms with Gasteiger partial charge in [0.05, 0.1) is 17.3 Å². The molecule has 0 bridgehead atoms. The van der Waals surface area contributed by atoms with Crippen molar-refractivity contribution < 1.29 is 46.4 Å².